The Balaban J connectivity index is 1.44. The van der Waals surface area contributed by atoms with Crippen LogP contribution in [0.15, 0.2) is 18.3 Å². The van der Waals surface area contributed by atoms with E-state index < -0.39 is 0 Å². The zero-order valence-corrected chi connectivity index (χ0v) is 13.2. The molecule has 0 radical (unpaired) electrons. The van der Waals surface area contributed by atoms with Gasteiger partial charge in [0.2, 0.25) is 0 Å². The Morgan fingerprint density at radius 3 is 3.05 bits per heavy atom. The standard InChI is InChI=1S/C16H18N4OS/c17-9-13-1-2-14(22-13)11-20-6-4-16(5-7-20)15-12(3-8-21-16)10-18-19-15/h1-2,10H,3-8,11H2,(H,18,19). The number of piperidine rings is 1. The first-order chi connectivity index (χ1) is 10.8. The van der Waals surface area contributed by atoms with E-state index in [1.54, 1.807) is 11.3 Å². The summed E-state index contributed by atoms with van der Waals surface area (Å²) in [6, 6.07) is 6.18. The van der Waals surface area contributed by atoms with Crippen LogP contribution in [0.3, 0.4) is 0 Å². The average molecular weight is 314 g/mol. The number of hydrogen-bond acceptors (Lipinski definition) is 5. The topological polar surface area (TPSA) is 64.9 Å². The van der Waals surface area contributed by atoms with E-state index in [1.165, 1.54) is 16.1 Å². The summed E-state index contributed by atoms with van der Waals surface area (Å²) >= 11 is 1.59. The molecular formula is C16H18N4OS. The van der Waals surface area contributed by atoms with E-state index >= 15 is 0 Å². The van der Waals surface area contributed by atoms with Crippen molar-refractivity contribution < 1.29 is 4.74 Å². The van der Waals surface area contributed by atoms with Crippen LogP contribution in [0.4, 0.5) is 0 Å². The molecule has 2 aliphatic heterocycles. The molecule has 2 aromatic heterocycles. The maximum absolute atomic E-state index is 8.92. The molecule has 4 heterocycles. The van der Waals surface area contributed by atoms with E-state index in [0.717, 1.165) is 50.4 Å². The highest BCUT2D eigenvalue weighted by Crippen LogP contribution is 2.40. The van der Waals surface area contributed by atoms with Gasteiger partial charge in [0.25, 0.3) is 0 Å². The first kappa shape index (κ1) is 13.9. The highest BCUT2D eigenvalue weighted by molar-refractivity contribution is 7.12. The maximum Gasteiger partial charge on any atom is 0.112 e. The molecular weight excluding hydrogens is 296 g/mol. The maximum atomic E-state index is 8.92. The van der Waals surface area contributed by atoms with Crippen LogP contribution in [-0.2, 0) is 23.3 Å². The van der Waals surface area contributed by atoms with Crippen LogP contribution in [0.2, 0.25) is 0 Å². The monoisotopic (exact) mass is 314 g/mol. The van der Waals surface area contributed by atoms with Gasteiger partial charge in [0.05, 0.1) is 18.5 Å². The van der Waals surface area contributed by atoms with E-state index in [9.17, 15) is 0 Å². The van der Waals surface area contributed by atoms with Gasteiger partial charge in [0.15, 0.2) is 0 Å². The minimum Gasteiger partial charge on any atom is -0.368 e. The Morgan fingerprint density at radius 2 is 2.27 bits per heavy atom. The van der Waals surface area contributed by atoms with Crippen LogP contribution >= 0.6 is 11.3 Å². The van der Waals surface area contributed by atoms with Crippen molar-refractivity contribution in [1.29, 1.82) is 5.26 Å². The largest absolute Gasteiger partial charge is 0.368 e. The summed E-state index contributed by atoms with van der Waals surface area (Å²) in [6.45, 7) is 3.75. The van der Waals surface area contributed by atoms with E-state index in [2.05, 4.69) is 27.2 Å². The fourth-order valence-corrected chi connectivity index (χ4v) is 4.38. The molecule has 1 saturated heterocycles. The van der Waals surface area contributed by atoms with Crippen LogP contribution in [-0.4, -0.2) is 34.8 Å². The fourth-order valence-electron chi connectivity index (χ4n) is 3.53. The summed E-state index contributed by atoms with van der Waals surface area (Å²) < 4.78 is 6.17. The number of H-pyrrole nitrogens is 1. The smallest absolute Gasteiger partial charge is 0.112 e. The highest BCUT2D eigenvalue weighted by atomic mass is 32.1. The first-order valence-electron chi connectivity index (χ1n) is 7.67. The summed E-state index contributed by atoms with van der Waals surface area (Å²) in [5.74, 6) is 0. The predicted octanol–water partition coefficient (Wildman–Crippen LogP) is 2.41. The van der Waals surface area contributed by atoms with Gasteiger partial charge in [-0.15, -0.1) is 11.3 Å². The van der Waals surface area contributed by atoms with Crippen molar-refractivity contribution in [2.24, 2.45) is 0 Å². The summed E-state index contributed by atoms with van der Waals surface area (Å²) in [4.78, 5) is 4.51. The summed E-state index contributed by atoms with van der Waals surface area (Å²) in [5, 5.41) is 16.3. The Labute approximate surface area is 133 Å². The third-order valence-electron chi connectivity index (χ3n) is 4.74. The van der Waals surface area contributed by atoms with Crippen molar-refractivity contribution in [3.63, 3.8) is 0 Å². The fraction of sp³-hybridized carbons (Fsp3) is 0.500. The number of ether oxygens (including phenoxy) is 1. The van der Waals surface area contributed by atoms with Crippen LogP contribution in [0, 0.1) is 11.3 Å². The average Bonchev–Trinajstić information content (AvgIpc) is 3.19. The van der Waals surface area contributed by atoms with Gasteiger partial charge in [-0.3, -0.25) is 10.00 Å². The Bertz CT molecular complexity index is 706. The van der Waals surface area contributed by atoms with Crippen molar-refractivity contribution >= 4 is 11.3 Å². The van der Waals surface area contributed by atoms with Gasteiger partial charge in [-0.05, 0) is 37.0 Å². The number of rotatable bonds is 2. The zero-order chi connectivity index (χ0) is 15.0. The molecule has 0 atom stereocenters. The first-order valence-corrected chi connectivity index (χ1v) is 8.49. The second-order valence-electron chi connectivity index (χ2n) is 6.02. The van der Waals surface area contributed by atoms with Crippen molar-refractivity contribution in [2.45, 2.75) is 31.4 Å². The van der Waals surface area contributed by atoms with E-state index in [-0.39, 0.29) is 5.60 Å². The summed E-state index contributed by atoms with van der Waals surface area (Å²) in [5.41, 5.74) is 2.35. The lowest BCUT2D eigenvalue weighted by Gasteiger charge is -2.43. The van der Waals surface area contributed by atoms with Crippen molar-refractivity contribution in [3.8, 4) is 6.07 Å². The molecule has 1 N–H and O–H groups in total. The molecule has 1 fully saturated rings. The molecule has 0 amide bonds. The highest BCUT2D eigenvalue weighted by Gasteiger charge is 2.42. The van der Waals surface area contributed by atoms with Gasteiger partial charge in [-0.1, -0.05) is 0 Å². The van der Waals surface area contributed by atoms with Gasteiger partial charge >= 0.3 is 0 Å². The molecule has 0 aliphatic carbocycles. The lowest BCUT2D eigenvalue weighted by Crippen LogP contribution is -2.46. The Hall–Kier alpha value is -1.68. The summed E-state index contributed by atoms with van der Waals surface area (Å²) in [7, 11) is 0. The number of hydrogen-bond donors (Lipinski definition) is 1. The number of nitrogens with one attached hydrogen (secondary N) is 1. The normalized spacial score (nSPS) is 20.7. The van der Waals surface area contributed by atoms with E-state index in [4.69, 9.17) is 10.00 Å². The minimum atomic E-state index is -0.159. The molecule has 0 saturated carbocycles. The lowest BCUT2D eigenvalue weighted by atomic mass is 9.84. The van der Waals surface area contributed by atoms with Gasteiger partial charge in [0.1, 0.15) is 16.5 Å². The number of aromatic amines is 1. The lowest BCUT2D eigenvalue weighted by molar-refractivity contribution is -0.101. The predicted molar refractivity (Wildman–Crippen MR) is 83.5 cm³/mol. The van der Waals surface area contributed by atoms with Crippen LogP contribution in [0.1, 0.15) is 33.9 Å². The minimum absolute atomic E-state index is 0.159. The number of nitrogens with zero attached hydrogens (tertiary/aromatic N) is 3. The molecule has 2 aliphatic rings. The second kappa shape index (κ2) is 5.51. The Morgan fingerprint density at radius 1 is 1.41 bits per heavy atom. The SMILES string of the molecule is N#Cc1ccc(CN2CCC3(CC2)OCCc2cn[nH]c23)s1. The number of aromatic nitrogens is 2. The van der Waals surface area contributed by atoms with Gasteiger partial charge < -0.3 is 4.74 Å². The molecule has 0 bridgehead atoms. The molecule has 22 heavy (non-hydrogen) atoms. The molecule has 6 heteroatoms. The van der Waals surface area contributed by atoms with E-state index in [1.807, 2.05) is 12.3 Å². The van der Waals surface area contributed by atoms with Crippen molar-refractivity contribution in [1.82, 2.24) is 15.1 Å². The van der Waals surface area contributed by atoms with Crippen LogP contribution in [0.5, 0.6) is 0 Å². The number of thiophene rings is 1. The van der Waals surface area contributed by atoms with Crippen molar-refractivity contribution in [3.05, 3.63) is 39.3 Å². The molecule has 114 valence electrons. The van der Waals surface area contributed by atoms with E-state index in [0.29, 0.717) is 0 Å². The molecule has 0 aromatic carbocycles. The number of fused-ring (bicyclic) bond motifs is 2. The summed E-state index contributed by atoms with van der Waals surface area (Å²) in [6.07, 6.45) is 4.90. The zero-order valence-electron chi connectivity index (χ0n) is 12.3. The molecule has 4 rings (SSSR count). The molecule has 1 spiro atoms. The molecule has 5 nitrogen and oxygen atoms in total. The third kappa shape index (κ3) is 2.35. The van der Waals surface area contributed by atoms with Crippen LogP contribution < -0.4 is 0 Å². The van der Waals surface area contributed by atoms with Crippen LogP contribution in [0.25, 0.3) is 0 Å². The third-order valence-corrected chi connectivity index (χ3v) is 5.71. The second-order valence-corrected chi connectivity index (χ2v) is 7.19. The van der Waals surface area contributed by atoms with Gasteiger partial charge in [-0.2, -0.15) is 10.4 Å². The number of likely N-dealkylation sites (tertiary alicyclic amines) is 1. The van der Waals surface area contributed by atoms with Gasteiger partial charge in [0, 0.05) is 24.5 Å². The quantitative estimate of drug-likeness (QED) is 0.924. The Kier molecular flexibility index (Phi) is 3.49. The molecule has 0 unspecified atom stereocenters. The number of nitriles is 1. The van der Waals surface area contributed by atoms with Gasteiger partial charge in [-0.25, -0.2) is 0 Å². The molecule has 2 aromatic rings. The van der Waals surface area contributed by atoms with Crippen molar-refractivity contribution in [2.75, 3.05) is 19.7 Å².